The number of nitrogens with zero attached hydrogens (tertiary/aromatic N) is 4. The molecule has 8 heterocycles. The van der Waals surface area contributed by atoms with Gasteiger partial charge >= 0.3 is 13.7 Å². The van der Waals surface area contributed by atoms with E-state index in [1.165, 1.54) is 221 Å². The fourth-order valence-electron chi connectivity index (χ4n) is 19.1. The Morgan fingerprint density at radius 1 is 0.173 bits per heavy atom. The van der Waals surface area contributed by atoms with Gasteiger partial charge in [0, 0.05) is 65.9 Å². The Bertz CT molecular complexity index is 6660. The Morgan fingerprint density at radius 3 is 0.788 bits per heavy atom. The van der Waals surface area contributed by atoms with E-state index in [1.807, 2.05) is 0 Å². The third-order valence-corrected chi connectivity index (χ3v) is 23.8. The number of fused-ring (bicyclic) bond motifs is 21. The van der Waals surface area contributed by atoms with Crippen LogP contribution in [0.1, 0.15) is 0 Å². The molecule has 0 saturated heterocycles. The topological polar surface area (TPSA) is 19.7 Å². The molecule has 0 N–H and O–H groups in total. The molecule has 4 aromatic heterocycles. The molecule has 0 aliphatic carbocycles. The first-order valence-electron chi connectivity index (χ1n) is 36.3. The molecule has 476 valence electrons. The standard InChI is InChI=1S/C98H58B2N4/c1-5-15-59(16-6-1)63-27-35-67(36-28-63)71-43-47-75-81-51-49-77-79-23-13-25-83-93(79)103(99-85-53-45-73(57-89(85)101(87(75)55-71)95(81)91(77)99)69-39-31-65(32-40-69)61-19-9-3-10-20-61)97-84-26-14-24-80-78-50-52-82-76-48-44-72(68-37-29-64(30-38-68)60-17-7-2-8-18-60)56-88(76)102-90-58-74(70-41-33-66(34-42-70)62-21-11-4-12-22-62)46-54-86(90)100(92(78)96(82)102)104(94(80)84)98(83)97/h1-58H. The maximum absolute atomic E-state index is 2.82. The summed E-state index contributed by atoms with van der Waals surface area (Å²) in [5.41, 5.74) is 42.2. The molecule has 0 fully saturated rings. The van der Waals surface area contributed by atoms with E-state index in [2.05, 4.69) is 370 Å². The summed E-state index contributed by atoms with van der Waals surface area (Å²) >= 11 is 0. The number of rotatable bonds is 8. The van der Waals surface area contributed by atoms with Crippen LogP contribution in [0.5, 0.6) is 0 Å². The van der Waals surface area contributed by atoms with Crippen molar-refractivity contribution in [3.8, 4) is 123 Å². The molecule has 4 aliphatic rings. The van der Waals surface area contributed by atoms with Gasteiger partial charge in [-0.05, 0) is 146 Å². The molecule has 6 heteroatoms. The van der Waals surface area contributed by atoms with E-state index in [0.717, 1.165) is 0 Å². The predicted octanol–water partition coefficient (Wildman–Crippen LogP) is 22.2. The molecule has 0 atom stereocenters. The normalized spacial score (nSPS) is 12.8. The summed E-state index contributed by atoms with van der Waals surface area (Å²) in [7, 11) is 0. The first kappa shape index (κ1) is 56.4. The molecule has 0 saturated carbocycles. The second-order valence-electron chi connectivity index (χ2n) is 28.9. The number of aromatic nitrogens is 4. The molecule has 0 unspecified atom stereocenters. The van der Waals surface area contributed by atoms with Crippen LogP contribution in [0.15, 0.2) is 352 Å². The van der Waals surface area contributed by atoms with Crippen LogP contribution in [-0.4, -0.2) is 31.8 Å². The Hall–Kier alpha value is -13.4. The highest BCUT2D eigenvalue weighted by molar-refractivity contribution is 6.92. The van der Waals surface area contributed by atoms with Crippen LogP contribution >= 0.6 is 0 Å². The summed E-state index contributed by atoms with van der Waals surface area (Å²) in [5, 5.41) is 7.60. The minimum Gasteiger partial charge on any atom is -0.374 e. The molecule has 4 aliphatic heterocycles. The number of hydrogen-bond acceptors (Lipinski definition) is 0. The monoisotopic (exact) mass is 1310 g/mol. The van der Waals surface area contributed by atoms with Gasteiger partial charge in [-0.1, -0.05) is 328 Å². The quantitative estimate of drug-likeness (QED) is 0.135. The van der Waals surface area contributed by atoms with Crippen molar-refractivity contribution in [1.29, 1.82) is 0 Å². The summed E-state index contributed by atoms with van der Waals surface area (Å²) in [4.78, 5) is 0. The van der Waals surface area contributed by atoms with Crippen molar-refractivity contribution in [2.24, 2.45) is 0 Å². The summed E-state index contributed by atoms with van der Waals surface area (Å²) in [5.74, 6) is 0. The smallest absolute Gasteiger partial charge is 0.333 e. The van der Waals surface area contributed by atoms with E-state index in [-0.39, 0.29) is 13.7 Å². The Morgan fingerprint density at radius 2 is 0.452 bits per heavy atom. The fraction of sp³-hybridized carbons (Fsp3) is 0. The summed E-state index contributed by atoms with van der Waals surface area (Å²) in [6.45, 7) is -0.318. The lowest BCUT2D eigenvalue weighted by molar-refractivity contribution is 1.18. The van der Waals surface area contributed by atoms with Crippen molar-refractivity contribution >= 4 is 112 Å². The van der Waals surface area contributed by atoms with Gasteiger partial charge in [0.25, 0.3) is 0 Å². The van der Waals surface area contributed by atoms with Gasteiger partial charge in [0.2, 0.25) is 0 Å². The zero-order chi connectivity index (χ0) is 67.6. The Balaban J connectivity index is 0.748. The number of benzene rings is 16. The van der Waals surface area contributed by atoms with E-state index in [4.69, 9.17) is 0 Å². The first-order chi connectivity index (χ1) is 51.6. The maximum Gasteiger partial charge on any atom is 0.333 e. The lowest BCUT2D eigenvalue weighted by Crippen LogP contribution is -2.55. The Labute approximate surface area is 600 Å². The van der Waals surface area contributed by atoms with E-state index in [9.17, 15) is 0 Å². The van der Waals surface area contributed by atoms with Gasteiger partial charge < -0.3 is 18.1 Å². The van der Waals surface area contributed by atoms with Crippen LogP contribution in [0, 0.1) is 0 Å². The largest absolute Gasteiger partial charge is 0.374 e. The molecular weight excluding hydrogens is 1250 g/mol. The molecule has 4 nitrogen and oxygen atoms in total. The predicted molar refractivity (Wildman–Crippen MR) is 439 cm³/mol. The van der Waals surface area contributed by atoms with Crippen LogP contribution in [0.3, 0.4) is 0 Å². The summed E-state index contributed by atoms with van der Waals surface area (Å²) < 4.78 is 10.9. The van der Waals surface area contributed by atoms with Crippen LogP contribution in [0.4, 0.5) is 0 Å². The van der Waals surface area contributed by atoms with Crippen molar-refractivity contribution in [3.63, 3.8) is 0 Å². The van der Waals surface area contributed by atoms with E-state index >= 15 is 0 Å². The highest BCUT2D eigenvalue weighted by atomic mass is 15.1. The second-order valence-corrected chi connectivity index (χ2v) is 28.9. The van der Waals surface area contributed by atoms with Crippen molar-refractivity contribution in [2.75, 3.05) is 0 Å². The lowest BCUT2D eigenvalue weighted by atomic mass is 9.45. The van der Waals surface area contributed by atoms with Crippen LogP contribution in [0.25, 0.3) is 199 Å². The average molecular weight is 1310 g/mol. The zero-order valence-electron chi connectivity index (χ0n) is 56.4. The second kappa shape index (κ2) is 21.1. The van der Waals surface area contributed by atoms with Gasteiger partial charge in [0.1, 0.15) is 0 Å². The molecule has 20 aromatic rings. The summed E-state index contributed by atoms with van der Waals surface area (Å²) in [6, 6.07) is 133. The van der Waals surface area contributed by atoms with E-state index in [1.54, 1.807) is 0 Å². The van der Waals surface area contributed by atoms with Crippen LogP contribution in [0.2, 0.25) is 0 Å². The highest BCUT2D eigenvalue weighted by Gasteiger charge is 2.47. The molecule has 0 bridgehead atoms. The van der Waals surface area contributed by atoms with E-state index < -0.39 is 0 Å². The highest BCUT2D eigenvalue weighted by Crippen LogP contribution is 2.51. The van der Waals surface area contributed by atoms with Gasteiger partial charge in [-0.2, -0.15) is 0 Å². The lowest BCUT2D eigenvalue weighted by Gasteiger charge is -2.34. The van der Waals surface area contributed by atoms with Crippen molar-refractivity contribution in [3.05, 3.63) is 352 Å². The van der Waals surface area contributed by atoms with Gasteiger partial charge in [-0.3, -0.25) is 0 Å². The van der Waals surface area contributed by atoms with Gasteiger partial charge in [0.05, 0.1) is 33.1 Å². The summed E-state index contributed by atoms with van der Waals surface area (Å²) in [6.07, 6.45) is 0. The fourth-order valence-corrected chi connectivity index (χ4v) is 19.1. The van der Waals surface area contributed by atoms with Crippen molar-refractivity contribution in [2.45, 2.75) is 0 Å². The third kappa shape index (κ3) is 7.73. The van der Waals surface area contributed by atoms with E-state index in [0.29, 0.717) is 0 Å². The van der Waals surface area contributed by atoms with Crippen molar-refractivity contribution in [1.82, 2.24) is 18.1 Å². The third-order valence-electron chi connectivity index (χ3n) is 23.8. The SMILES string of the molecule is c1ccc(-c2ccc(-c3ccc4c(c3)-n3c5cc(-c6ccc(-c7ccccc7)cc6)ccc5c5ccc6c(c53)B4n3c4c-6cccc4c4c3c3cccc5c3n4B3c4ccc(-c6ccc(-c7ccccc7)cc6)cc4-n4c6cc(-c7ccc(-c8ccccc8)cc7)ccc6c6ccc-5c3c64)cc2)cc1. The van der Waals surface area contributed by atoms with Crippen molar-refractivity contribution < 1.29 is 0 Å². The van der Waals surface area contributed by atoms with Gasteiger partial charge in [-0.25, -0.2) is 0 Å². The molecule has 24 rings (SSSR count). The van der Waals surface area contributed by atoms with Gasteiger partial charge in [-0.15, -0.1) is 0 Å². The minimum absolute atomic E-state index is 0.159. The molecule has 0 radical (unpaired) electrons. The number of hydrogen-bond donors (Lipinski definition) is 0. The maximum atomic E-state index is 2.82. The van der Waals surface area contributed by atoms with Crippen LogP contribution in [-0.2, 0) is 0 Å². The average Bonchev–Trinajstić information content (AvgIpc) is 1.48. The molecule has 0 spiro atoms. The first-order valence-corrected chi connectivity index (χ1v) is 36.3. The molecular formula is C98H58B2N4. The van der Waals surface area contributed by atoms with Gasteiger partial charge in [0.15, 0.2) is 0 Å². The zero-order valence-corrected chi connectivity index (χ0v) is 56.4. The van der Waals surface area contributed by atoms with Crippen LogP contribution < -0.4 is 21.9 Å². The Kier molecular flexibility index (Phi) is 11.4. The number of para-hydroxylation sites is 2. The molecule has 104 heavy (non-hydrogen) atoms. The molecule has 0 amide bonds. The minimum atomic E-state index is -0.159. The molecule has 16 aromatic carbocycles.